The van der Waals surface area contributed by atoms with E-state index in [1.54, 1.807) is 18.3 Å². The molecular formula is C18H19ClN4O4S. The van der Waals surface area contributed by atoms with Crippen molar-refractivity contribution in [3.63, 3.8) is 0 Å². The number of carbonyl (C=O) groups is 1. The molecule has 2 N–H and O–H groups in total. The number of carbonyl (C=O) groups excluding carboxylic acids is 1. The van der Waals surface area contributed by atoms with Crippen LogP contribution in [-0.2, 0) is 10.0 Å². The molecule has 0 saturated heterocycles. The first-order chi connectivity index (χ1) is 13.1. The number of fused-ring (bicyclic) bond motifs is 1. The summed E-state index contributed by atoms with van der Waals surface area (Å²) >= 11 is 6.27. The second-order valence-electron chi connectivity index (χ2n) is 6.75. The number of hydrogen-bond donors (Lipinski definition) is 2. The summed E-state index contributed by atoms with van der Waals surface area (Å²) in [5.41, 5.74) is 2.06. The first kappa shape index (κ1) is 20.1. The number of pyridine rings is 1. The van der Waals surface area contributed by atoms with Gasteiger partial charge < -0.3 is 4.74 Å². The Hall–Kier alpha value is -2.65. The van der Waals surface area contributed by atoms with Crippen LogP contribution >= 0.6 is 11.6 Å². The zero-order valence-electron chi connectivity index (χ0n) is 15.5. The zero-order chi connectivity index (χ0) is 20.5. The summed E-state index contributed by atoms with van der Waals surface area (Å²) in [4.78, 5) is 16.3. The number of ether oxygens (including phenoxy) is 1. The lowest BCUT2D eigenvalue weighted by Gasteiger charge is -2.09. The van der Waals surface area contributed by atoms with Gasteiger partial charge in [0.25, 0.3) is 5.91 Å². The van der Waals surface area contributed by atoms with E-state index in [1.807, 2.05) is 18.6 Å². The average molecular weight is 423 g/mol. The fourth-order valence-electron chi connectivity index (χ4n) is 2.51. The Morgan fingerprint density at radius 3 is 2.71 bits per heavy atom. The SMILES string of the molecule is CC(C)COc1ncc(-c2n[nH]c3cc(C(=O)NS(C)(=O)=O)ccc23)cc1Cl. The molecule has 3 aromatic rings. The second-order valence-corrected chi connectivity index (χ2v) is 8.91. The van der Waals surface area contributed by atoms with Crippen LogP contribution in [0.3, 0.4) is 0 Å². The van der Waals surface area contributed by atoms with Gasteiger partial charge in [-0.2, -0.15) is 5.10 Å². The third-order valence-corrected chi connectivity index (χ3v) is 4.56. The number of H-pyrrole nitrogens is 1. The molecule has 0 atom stereocenters. The number of halogens is 1. The third kappa shape index (κ3) is 4.60. The van der Waals surface area contributed by atoms with Gasteiger partial charge in [0.15, 0.2) is 0 Å². The number of aromatic nitrogens is 3. The van der Waals surface area contributed by atoms with Crippen molar-refractivity contribution in [3.05, 3.63) is 41.0 Å². The molecule has 1 amide bonds. The van der Waals surface area contributed by atoms with E-state index < -0.39 is 15.9 Å². The number of benzene rings is 1. The fourth-order valence-corrected chi connectivity index (χ4v) is 3.19. The molecule has 0 aliphatic rings. The number of amides is 1. The van der Waals surface area contributed by atoms with Gasteiger partial charge in [-0.25, -0.2) is 18.1 Å². The smallest absolute Gasteiger partial charge is 0.264 e. The minimum atomic E-state index is -3.64. The summed E-state index contributed by atoms with van der Waals surface area (Å²) in [7, 11) is -3.64. The molecular weight excluding hydrogens is 404 g/mol. The second kappa shape index (κ2) is 7.76. The highest BCUT2D eigenvalue weighted by Crippen LogP contribution is 2.31. The van der Waals surface area contributed by atoms with Crippen molar-refractivity contribution < 1.29 is 17.9 Å². The fraction of sp³-hybridized carbons (Fsp3) is 0.278. The summed E-state index contributed by atoms with van der Waals surface area (Å²) in [5, 5.41) is 8.22. The number of rotatable bonds is 6. The van der Waals surface area contributed by atoms with Crippen molar-refractivity contribution in [2.24, 2.45) is 5.92 Å². The average Bonchev–Trinajstić information content (AvgIpc) is 3.02. The molecule has 0 spiro atoms. The highest BCUT2D eigenvalue weighted by molar-refractivity contribution is 7.89. The van der Waals surface area contributed by atoms with Crippen LogP contribution < -0.4 is 9.46 Å². The van der Waals surface area contributed by atoms with Crippen molar-refractivity contribution in [1.82, 2.24) is 19.9 Å². The van der Waals surface area contributed by atoms with Crippen molar-refractivity contribution in [1.29, 1.82) is 0 Å². The summed E-state index contributed by atoms with van der Waals surface area (Å²) in [6, 6.07) is 6.45. The molecule has 0 saturated carbocycles. The molecule has 0 bridgehead atoms. The number of nitrogens with zero attached hydrogens (tertiary/aromatic N) is 2. The summed E-state index contributed by atoms with van der Waals surface area (Å²) in [5.74, 6) is -0.00229. The lowest BCUT2D eigenvalue weighted by Crippen LogP contribution is -2.29. The number of sulfonamides is 1. The van der Waals surface area contributed by atoms with E-state index in [2.05, 4.69) is 15.2 Å². The van der Waals surface area contributed by atoms with E-state index in [1.165, 1.54) is 12.1 Å². The predicted molar refractivity (Wildman–Crippen MR) is 107 cm³/mol. The van der Waals surface area contributed by atoms with Crippen molar-refractivity contribution >= 4 is 38.4 Å². The zero-order valence-corrected chi connectivity index (χ0v) is 17.1. The van der Waals surface area contributed by atoms with Crippen LogP contribution in [0.25, 0.3) is 22.2 Å². The van der Waals surface area contributed by atoms with Gasteiger partial charge in [0.2, 0.25) is 15.9 Å². The predicted octanol–water partition coefficient (Wildman–Crippen LogP) is 3.00. The Morgan fingerprint density at radius 2 is 2.07 bits per heavy atom. The van der Waals surface area contributed by atoms with Crippen molar-refractivity contribution in [2.45, 2.75) is 13.8 Å². The molecule has 0 aliphatic carbocycles. The van der Waals surface area contributed by atoms with E-state index in [-0.39, 0.29) is 5.56 Å². The first-order valence-electron chi connectivity index (χ1n) is 8.43. The Morgan fingerprint density at radius 1 is 1.32 bits per heavy atom. The van der Waals surface area contributed by atoms with Crippen LogP contribution in [0.15, 0.2) is 30.5 Å². The van der Waals surface area contributed by atoms with Crippen molar-refractivity contribution in [2.75, 3.05) is 12.9 Å². The maximum Gasteiger partial charge on any atom is 0.264 e. The van der Waals surface area contributed by atoms with Gasteiger partial charge in [0, 0.05) is 22.7 Å². The molecule has 10 heteroatoms. The van der Waals surface area contributed by atoms with Gasteiger partial charge in [-0.3, -0.25) is 9.89 Å². The maximum atomic E-state index is 12.0. The highest BCUT2D eigenvalue weighted by atomic mass is 35.5. The van der Waals surface area contributed by atoms with Gasteiger partial charge >= 0.3 is 0 Å². The Labute approximate surface area is 167 Å². The molecule has 2 heterocycles. The number of aromatic amines is 1. The van der Waals surface area contributed by atoms with Crippen LogP contribution in [0.4, 0.5) is 0 Å². The molecule has 148 valence electrons. The highest BCUT2D eigenvalue weighted by Gasteiger charge is 2.16. The molecule has 0 radical (unpaired) electrons. The molecule has 0 aliphatic heterocycles. The monoisotopic (exact) mass is 422 g/mol. The minimum absolute atomic E-state index is 0.196. The Bertz CT molecular complexity index is 1140. The quantitative estimate of drug-likeness (QED) is 0.631. The van der Waals surface area contributed by atoms with E-state index in [0.29, 0.717) is 40.2 Å². The standard InChI is InChI=1S/C18H19ClN4O4S/c1-10(2)9-27-18-14(19)6-12(8-20-18)16-13-5-4-11(7-15(13)21-22-16)17(24)23-28(3,25)26/h4-8,10H,9H2,1-3H3,(H,21,22)(H,23,24). The van der Waals surface area contributed by atoms with Gasteiger partial charge in [-0.1, -0.05) is 25.4 Å². The minimum Gasteiger partial charge on any atom is -0.476 e. The van der Waals surface area contributed by atoms with Gasteiger partial charge in [-0.15, -0.1) is 0 Å². The van der Waals surface area contributed by atoms with E-state index in [0.717, 1.165) is 11.6 Å². The van der Waals surface area contributed by atoms with Gasteiger partial charge in [0.1, 0.15) is 10.7 Å². The van der Waals surface area contributed by atoms with Crippen LogP contribution in [-0.4, -0.2) is 42.4 Å². The van der Waals surface area contributed by atoms with Crippen LogP contribution in [0.1, 0.15) is 24.2 Å². The van der Waals surface area contributed by atoms with Crippen molar-refractivity contribution in [3.8, 4) is 17.1 Å². The van der Waals surface area contributed by atoms with E-state index >= 15 is 0 Å². The molecule has 1 aromatic carbocycles. The normalized spacial score (nSPS) is 11.8. The molecule has 2 aromatic heterocycles. The molecule has 28 heavy (non-hydrogen) atoms. The van der Waals surface area contributed by atoms with E-state index in [9.17, 15) is 13.2 Å². The Balaban J connectivity index is 1.90. The summed E-state index contributed by atoms with van der Waals surface area (Å²) in [6.07, 6.45) is 2.53. The lowest BCUT2D eigenvalue weighted by molar-refractivity contribution is 0.0982. The molecule has 0 fully saturated rings. The summed E-state index contributed by atoms with van der Waals surface area (Å²) in [6.45, 7) is 4.57. The third-order valence-electron chi connectivity index (χ3n) is 3.74. The first-order valence-corrected chi connectivity index (χ1v) is 10.7. The summed E-state index contributed by atoms with van der Waals surface area (Å²) < 4.78 is 30.0. The van der Waals surface area contributed by atoms with E-state index in [4.69, 9.17) is 16.3 Å². The van der Waals surface area contributed by atoms with Crippen LogP contribution in [0.2, 0.25) is 5.02 Å². The number of hydrogen-bond acceptors (Lipinski definition) is 6. The molecule has 0 unspecified atom stereocenters. The Kier molecular flexibility index (Phi) is 5.57. The maximum absolute atomic E-state index is 12.0. The lowest BCUT2D eigenvalue weighted by atomic mass is 10.1. The van der Waals surface area contributed by atoms with Gasteiger partial charge in [0.05, 0.1) is 18.4 Å². The largest absolute Gasteiger partial charge is 0.476 e. The number of nitrogens with one attached hydrogen (secondary N) is 2. The van der Waals surface area contributed by atoms with Crippen LogP contribution in [0, 0.1) is 5.92 Å². The topological polar surface area (TPSA) is 114 Å². The van der Waals surface area contributed by atoms with Gasteiger partial charge in [-0.05, 0) is 30.2 Å². The van der Waals surface area contributed by atoms with Crippen LogP contribution in [0.5, 0.6) is 5.88 Å². The molecule has 8 nitrogen and oxygen atoms in total. The molecule has 3 rings (SSSR count).